The van der Waals surface area contributed by atoms with E-state index in [1.165, 1.54) is 11.1 Å². The normalized spacial score (nSPS) is 23.8. The number of piperidine rings is 3. The number of ether oxygens (including phenoxy) is 1. The average molecular weight is 1050 g/mol. The molecule has 4 N–H and O–H groups in total. The lowest BCUT2D eigenvalue weighted by Crippen LogP contribution is -2.72. The van der Waals surface area contributed by atoms with Gasteiger partial charge in [-0.25, -0.2) is 4.79 Å². The van der Waals surface area contributed by atoms with Crippen molar-refractivity contribution in [3.8, 4) is 0 Å². The van der Waals surface area contributed by atoms with E-state index in [9.17, 15) is 52.4 Å². The van der Waals surface area contributed by atoms with Gasteiger partial charge in [-0.1, -0.05) is 91.0 Å². The van der Waals surface area contributed by atoms with Crippen molar-refractivity contribution in [3.63, 3.8) is 0 Å². The number of amides is 4. The molecule has 75 heavy (non-hydrogen) atoms. The van der Waals surface area contributed by atoms with Crippen molar-refractivity contribution in [2.75, 3.05) is 19.6 Å². The predicted molar refractivity (Wildman–Crippen MR) is 278 cm³/mol. The van der Waals surface area contributed by atoms with Crippen LogP contribution in [0.2, 0.25) is 0 Å². The van der Waals surface area contributed by atoms with Gasteiger partial charge in [0, 0.05) is 86.4 Å². The molecule has 0 aromatic heterocycles. The molecule has 3 fully saturated rings. The van der Waals surface area contributed by atoms with Gasteiger partial charge in [0.05, 0.1) is 10.9 Å². The number of quaternary nitrogens is 1. The topological polar surface area (TPSA) is 210 Å². The Bertz CT molecular complexity index is 2450. The summed E-state index contributed by atoms with van der Waals surface area (Å²) >= 11 is 0. The van der Waals surface area contributed by atoms with Gasteiger partial charge >= 0.3 is 12.3 Å². The summed E-state index contributed by atoms with van der Waals surface area (Å²) in [6, 6.07) is 34.6. The van der Waals surface area contributed by atoms with Gasteiger partial charge in [0.1, 0.15) is 11.6 Å². The Morgan fingerprint density at radius 2 is 1.05 bits per heavy atom. The number of carboxylic acids is 1. The number of carbonyl (C=O) groups excluding carboxylic acids is 5. The van der Waals surface area contributed by atoms with Crippen LogP contribution in [-0.4, -0.2) is 111 Å². The van der Waals surface area contributed by atoms with Crippen LogP contribution in [0.25, 0.3) is 0 Å². The zero-order chi connectivity index (χ0) is 55.8. The standard InChI is InChI=1S/C19H28N2O3.C17H22F3NO.C14H20N2O.C7H5NO4/c1-6-21-13(2)15(14-10-8-7-9-11-14)12-16(17(21)22)20-18(23)24-19(3,4)5;1-3-21-12(2)15(13-7-5-4-6-8-13)11-14(16(21)22)9-10-17(18,19)20;1-3-16-10(2)12(9-13(15)14(16)17)11-7-5-4-6-8-11;9-7(10)5-1-3-6(4-2-5)8(11)12/h7-11,13,15-16H,6,12H2,1-5H3,(H,20,23);4-8,12,14-15H,3,9-11H2,1-2H3;4-8,10,12-13H,3,9,15H2,1-2H3;1-4H,(H,9,10)/t13-,15-,16?;12-,14?,15-;10-,12-,13+;/m111./s1. The number of alkyl halides is 3. The maximum absolute atomic E-state index is 12.7. The molecular formula is C57H75F3N6O9. The number of nitro benzene ring substituents is 1. The summed E-state index contributed by atoms with van der Waals surface area (Å²) < 4.78 is 42.8. The van der Waals surface area contributed by atoms with Gasteiger partial charge in [-0.3, -0.25) is 24.5 Å². The van der Waals surface area contributed by atoms with Crippen LogP contribution in [0.3, 0.4) is 0 Å². The maximum Gasteiger partial charge on any atom is 0.408 e. The molecular weight excluding hydrogens is 970 g/mol. The molecule has 7 rings (SSSR count). The molecule has 2 unspecified atom stereocenters. The monoisotopic (exact) mass is 1040 g/mol. The van der Waals surface area contributed by atoms with Crippen molar-refractivity contribution < 1.29 is 57.6 Å². The van der Waals surface area contributed by atoms with Crippen molar-refractivity contribution >= 4 is 35.5 Å². The number of nitrogens with zero attached hydrogens (tertiary/aromatic N) is 4. The first-order valence-corrected chi connectivity index (χ1v) is 25.7. The molecule has 3 saturated heterocycles. The Morgan fingerprint density at radius 1 is 0.653 bits per heavy atom. The highest BCUT2D eigenvalue weighted by Crippen LogP contribution is 2.39. The van der Waals surface area contributed by atoms with Crippen LogP contribution in [0.15, 0.2) is 115 Å². The number of hydrogen-bond acceptors (Lipinski definition) is 9. The Balaban J connectivity index is 0.000000222. The molecule has 4 amide bonds. The van der Waals surface area contributed by atoms with Gasteiger partial charge in [-0.05, 0) is 116 Å². The Hall–Kier alpha value is -6.82. The number of nitrogens with one attached hydrogen (secondary N) is 1. The summed E-state index contributed by atoms with van der Waals surface area (Å²) in [4.78, 5) is 74.5. The minimum Gasteiger partial charge on any atom is -0.545 e. The molecule has 0 saturated carbocycles. The average Bonchev–Trinajstić information content (AvgIpc) is 3.37. The number of aromatic carboxylic acids is 1. The first kappa shape index (κ1) is 60.7. The van der Waals surface area contributed by atoms with Crippen molar-refractivity contribution in [2.24, 2.45) is 5.92 Å². The largest absolute Gasteiger partial charge is 0.545 e. The van der Waals surface area contributed by atoms with Gasteiger partial charge in [0.2, 0.25) is 11.8 Å². The maximum atomic E-state index is 12.7. The van der Waals surface area contributed by atoms with Crippen LogP contribution < -0.4 is 16.2 Å². The van der Waals surface area contributed by atoms with E-state index in [1.807, 2.05) is 113 Å². The van der Waals surface area contributed by atoms with Gasteiger partial charge in [-0.2, -0.15) is 13.2 Å². The molecule has 0 bridgehead atoms. The van der Waals surface area contributed by atoms with Crippen molar-refractivity contribution in [2.45, 2.75) is 154 Å². The number of carboxylic acid groups (broad SMARTS) is 1. The molecule has 408 valence electrons. The fourth-order valence-corrected chi connectivity index (χ4v) is 10.2. The lowest BCUT2D eigenvalue weighted by atomic mass is 9.77. The second-order valence-electron chi connectivity index (χ2n) is 20.2. The smallest absolute Gasteiger partial charge is 0.408 e. The summed E-state index contributed by atoms with van der Waals surface area (Å²) in [5, 5.41) is 23.1. The van der Waals surface area contributed by atoms with Crippen LogP contribution in [0, 0.1) is 16.0 Å². The number of non-ortho nitro benzene ring substituents is 1. The number of carbonyl (C=O) groups is 5. The van der Waals surface area contributed by atoms with E-state index < -0.39 is 47.1 Å². The Morgan fingerprint density at radius 3 is 1.44 bits per heavy atom. The van der Waals surface area contributed by atoms with E-state index >= 15 is 0 Å². The van der Waals surface area contributed by atoms with Crippen LogP contribution >= 0.6 is 0 Å². The zero-order valence-corrected chi connectivity index (χ0v) is 44.6. The first-order chi connectivity index (χ1) is 35.3. The van der Waals surface area contributed by atoms with E-state index in [1.54, 1.807) is 4.90 Å². The second kappa shape index (κ2) is 27.6. The molecule has 0 aliphatic carbocycles. The van der Waals surface area contributed by atoms with Crippen molar-refractivity contribution in [1.82, 2.24) is 20.0 Å². The van der Waals surface area contributed by atoms with Crippen LogP contribution in [0.1, 0.15) is 139 Å². The predicted octanol–water partition coefficient (Wildman–Crippen LogP) is 8.65. The number of nitro groups is 1. The third-order valence-corrected chi connectivity index (χ3v) is 14.1. The van der Waals surface area contributed by atoms with Crippen LogP contribution in [0.5, 0.6) is 0 Å². The first-order valence-electron chi connectivity index (χ1n) is 25.7. The Labute approximate surface area is 439 Å². The van der Waals surface area contributed by atoms with Crippen molar-refractivity contribution in [3.05, 3.63) is 148 Å². The molecule has 3 heterocycles. The SMILES string of the molecule is CCN1C(=O)C(CCC(F)(F)F)C[C@@H](c2ccccc2)[C@H]1C.CCN1C(=O)C(NC(=O)OC(C)(C)C)C[C@@H](c2ccccc2)[C@H]1C.CCN1C(=O)[C@@H]([NH3+])C[C@@H](c2ccccc2)[C@H]1C.O=C([O-])c1ccc([N+](=O)[O-])cc1. The number of halogens is 3. The van der Waals surface area contributed by atoms with E-state index in [0.717, 1.165) is 42.8 Å². The number of alkyl carbamates (subject to hydrolysis) is 1. The lowest BCUT2D eigenvalue weighted by molar-refractivity contribution is -0.411. The minimum absolute atomic E-state index is 0.0158. The molecule has 4 aromatic carbocycles. The third kappa shape index (κ3) is 17.4. The van der Waals surface area contributed by atoms with Gasteiger partial charge in [-0.15, -0.1) is 0 Å². The zero-order valence-electron chi connectivity index (χ0n) is 44.6. The highest BCUT2D eigenvalue weighted by atomic mass is 19.4. The Kier molecular flexibility index (Phi) is 22.4. The number of rotatable bonds is 11. The summed E-state index contributed by atoms with van der Waals surface area (Å²) in [6.07, 6.45) is -3.82. The van der Waals surface area contributed by atoms with E-state index in [0.29, 0.717) is 31.8 Å². The molecule has 0 spiro atoms. The summed E-state index contributed by atoms with van der Waals surface area (Å²) in [5.41, 5.74) is 6.80. The molecule has 3 aliphatic heterocycles. The lowest BCUT2D eigenvalue weighted by Gasteiger charge is -2.43. The minimum atomic E-state index is -4.21. The fraction of sp³-hybridized carbons (Fsp3) is 0.491. The number of likely N-dealkylation sites (tertiary alicyclic amines) is 3. The molecule has 15 nitrogen and oxygen atoms in total. The number of benzene rings is 4. The second-order valence-corrected chi connectivity index (χ2v) is 20.2. The molecule has 3 aliphatic rings. The van der Waals surface area contributed by atoms with E-state index in [-0.39, 0.29) is 71.4 Å². The third-order valence-electron chi connectivity index (χ3n) is 14.1. The molecule has 18 heteroatoms. The van der Waals surface area contributed by atoms with Crippen LogP contribution in [-0.2, 0) is 19.1 Å². The van der Waals surface area contributed by atoms with Crippen molar-refractivity contribution in [1.29, 1.82) is 0 Å². The number of hydrogen-bond donors (Lipinski definition) is 2. The van der Waals surface area contributed by atoms with Gasteiger partial charge < -0.3 is 40.4 Å². The fourth-order valence-electron chi connectivity index (χ4n) is 10.2. The van der Waals surface area contributed by atoms with Gasteiger partial charge in [0.15, 0.2) is 6.04 Å². The molecule has 0 radical (unpaired) electrons. The quantitative estimate of drug-likeness (QED) is 0.109. The van der Waals surface area contributed by atoms with E-state index in [2.05, 4.69) is 61.3 Å². The van der Waals surface area contributed by atoms with Gasteiger partial charge in [0.25, 0.3) is 11.6 Å². The highest BCUT2D eigenvalue weighted by molar-refractivity contribution is 5.87. The summed E-state index contributed by atoms with van der Waals surface area (Å²) in [5.74, 6) is -1.16. The highest BCUT2D eigenvalue weighted by Gasteiger charge is 2.43. The summed E-state index contributed by atoms with van der Waals surface area (Å²) in [6.45, 7) is 19.4. The van der Waals surface area contributed by atoms with Crippen LogP contribution in [0.4, 0.5) is 23.7 Å². The summed E-state index contributed by atoms with van der Waals surface area (Å²) in [7, 11) is 0. The van der Waals surface area contributed by atoms with E-state index in [4.69, 9.17) is 4.74 Å². The molecule has 4 aromatic rings. The molecule has 9 atom stereocenters. The number of likely N-dealkylation sites (N-methyl/N-ethyl adjacent to an activating group) is 3.